The molecule has 1 atom stereocenters. The SMILES string of the molecule is C=CCC(C)(\C=C/[N+](=C/C=C(\C=C/C)c1ccc2oc3ccccc3c2c1)c1ccc(-c2ccc3c(c2)C(C)(C)c2ccccc2-3)cc1)c1ccc2oc3ccccc3c2c1. The Bertz CT molecular complexity index is 3290. The fourth-order valence-corrected chi connectivity index (χ4v) is 9.33. The average Bonchev–Trinajstić information content (AvgIpc) is 3.93. The standard InChI is InChI=1S/C58H48NO2/c1-6-14-39(41-24-29-55-49(36-41)47-16-9-12-19-53(47)60-55)31-34-59(35-33-58(5,32-7-2)43-25-30-56-50(38-43)48-17-10-13-20-54(48)61-56)44-26-21-40(22-27-44)42-23-28-46-45-15-8-11-18-51(45)57(3,4)52(46)37-42/h6-31,33-38H,2,32H2,1,3-5H3/q+1/b14-6-,35-33-,39-31+,59-34-. The molecular formula is C58H48NO2+. The molecule has 0 saturated carbocycles. The third kappa shape index (κ3) is 6.67. The van der Waals surface area contributed by atoms with E-state index in [-0.39, 0.29) is 10.8 Å². The fraction of sp³-hybridized carbons (Fsp3) is 0.121. The third-order valence-corrected chi connectivity index (χ3v) is 12.8. The van der Waals surface area contributed by atoms with E-state index in [2.05, 4.69) is 203 Å². The molecule has 0 N–H and O–H groups in total. The summed E-state index contributed by atoms with van der Waals surface area (Å²) in [6, 6.07) is 54.3. The highest BCUT2D eigenvalue weighted by Gasteiger charge is 2.35. The molecule has 0 aliphatic heterocycles. The lowest BCUT2D eigenvalue weighted by atomic mass is 9.79. The van der Waals surface area contributed by atoms with Gasteiger partial charge < -0.3 is 8.83 Å². The zero-order valence-corrected chi connectivity index (χ0v) is 35.2. The summed E-state index contributed by atoms with van der Waals surface area (Å²) in [7, 11) is 0. The van der Waals surface area contributed by atoms with Gasteiger partial charge in [-0.1, -0.05) is 124 Å². The molecule has 0 amide bonds. The van der Waals surface area contributed by atoms with E-state index in [0.29, 0.717) is 0 Å². The molecule has 0 saturated heterocycles. The van der Waals surface area contributed by atoms with Crippen LogP contribution in [0.15, 0.2) is 204 Å². The minimum atomic E-state index is -0.349. The zero-order valence-electron chi connectivity index (χ0n) is 35.2. The fourth-order valence-electron chi connectivity index (χ4n) is 9.33. The van der Waals surface area contributed by atoms with E-state index in [1.165, 1.54) is 38.9 Å². The van der Waals surface area contributed by atoms with Crippen molar-refractivity contribution in [3.63, 3.8) is 0 Å². The number of rotatable bonds is 10. The van der Waals surface area contributed by atoms with Crippen LogP contribution < -0.4 is 0 Å². The smallest absolute Gasteiger partial charge is 0.210 e. The predicted octanol–water partition coefficient (Wildman–Crippen LogP) is 15.9. The van der Waals surface area contributed by atoms with E-state index < -0.39 is 0 Å². The molecule has 1 aliphatic carbocycles. The van der Waals surface area contributed by atoms with E-state index in [0.717, 1.165) is 67.1 Å². The van der Waals surface area contributed by atoms with Crippen LogP contribution in [-0.2, 0) is 10.8 Å². The lowest BCUT2D eigenvalue weighted by molar-refractivity contribution is -0.354. The number of furan rings is 2. The van der Waals surface area contributed by atoms with Crippen molar-refractivity contribution in [2.24, 2.45) is 0 Å². The van der Waals surface area contributed by atoms with Crippen molar-refractivity contribution in [2.75, 3.05) is 0 Å². The van der Waals surface area contributed by atoms with Crippen molar-refractivity contribution >= 4 is 61.4 Å². The molecule has 1 aliphatic rings. The molecule has 296 valence electrons. The lowest BCUT2D eigenvalue weighted by Crippen LogP contribution is -2.18. The van der Waals surface area contributed by atoms with Crippen LogP contribution in [0.1, 0.15) is 56.4 Å². The number of hydrogen-bond donors (Lipinski definition) is 0. The molecule has 61 heavy (non-hydrogen) atoms. The van der Waals surface area contributed by atoms with Gasteiger partial charge in [0.15, 0.2) is 12.4 Å². The van der Waals surface area contributed by atoms with Crippen LogP contribution in [0, 0.1) is 0 Å². The van der Waals surface area contributed by atoms with Crippen molar-refractivity contribution in [3.05, 3.63) is 217 Å². The molecule has 9 aromatic rings. The van der Waals surface area contributed by atoms with Crippen LogP contribution in [0.5, 0.6) is 0 Å². The Morgan fingerprint density at radius 3 is 1.98 bits per heavy atom. The molecule has 0 spiro atoms. The first-order valence-corrected chi connectivity index (χ1v) is 21.2. The third-order valence-electron chi connectivity index (χ3n) is 12.8. The van der Waals surface area contributed by atoms with Gasteiger partial charge in [0.25, 0.3) is 0 Å². The molecule has 0 radical (unpaired) electrons. The average molecular weight is 791 g/mol. The Hall–Kier alpha value is -7.23. The zero-order chi connectivity index (χ0) is 41.7. The summed E-state index contributed by atoms with van der Waals surface area (Å²) in [6.07, 6.45) is 15.9. The van der Waals surface area contributed by atoms with Gasteiger partial charge in [0, 0.05) is 50.6 Å². The predicted molar refractivity (Wildman–Crippen MR) is 257 cm³/mol. The maximum Gasteiger partial charge on any atom is 0.210 e. The summed E-state index contributed by atoms with van der Waals surface area (Å²) >= 11 is 0. The number of fused-ring (bicyclic) bond motifs is 9. The number of benzene rings is 7. The van der Waals surface area contributed by atoms with Gasteiger partial charge in [0.1, 0.15) is 22.3 Å². The second kappa shape index (κ2) is 15.1. The molecule has 1 unspecified atom stereocenters. The molecule has 0 fully saturated rings. The maximum absolute atomic E-state index is 6.21. The summed E-state index contributed by atoms with van der Waals surface area (Å²) in [6.45, 7) is 13.2. The topological polar surface area (TPSA) is 29.3 Å². The molecule has 10 rings (SSSR count). The van der Waals surface area contributed by atoms with Crippen molar-refractivity contribution < 1.29 is 13.4 Å². The summed E-state index contributed by atoms with van der Waals surface area (Å²) in [5, 5.41) is 4.47. The molecule has 2 aromatic heterocycles. The number of allylic oxidation sites excluding steroid dienone is 6. The second-order valence-electron chi connectivity index (χ2n) is 17.0. The molecular weight excluding hydrogens is 743 g/mol. The highest BCUT2D eigenvalue weighted by atomic mass is 16.3. The molecule has 3 nitrogen and oxygen atoms in total. The van der Waals surface area contributed by atoms with Gasteiger partial charge in [-0.2, -0.15) is 4.58 Å². The van der Waals surface area contributed by atoms with Gasteiger partial charge in [-0.3, -0.25) is 0 Å². The summed E-state index contributed by atoms with van der Waals surface area (Å²) in [5.74, 6) is 0. The highest BCUT2D eigenvalue weighted by molar-refractivity contribution is 6.07. The second-order valence-corrected chi connectivity index (χ2v) is 17.0. The molecule has 7 aromatic carbocycles. The van der Waals surface area contributed by atoms with Gasteiger partial charge in [-0.25, -0.2) is 0 Å². The minimum Gasteiger partial charge on any atom is -0.456 e. The number of nitrogens with zero attached hydrogens (tertiary/aromatic N) is 1. The summed E-state index contributed by atoms with van der Waals surface area (Å²) in [4.78, 5) is 0. The van der Waals surface area contributed by atoms with Crippen LogP contribution in [0.4, 0.5) is 5.69 Å². The Kier molecular flexibility index (Phi) is 9.41. The highest BCUT2D eigenvalue weighted by Crippen LogP contribution is 2.49. The Balaban J connectivity index is 1.06. The van der Waals surface area contributed by atoms with Gasteiger partial charge in [-0.05, 0) is 124 Å². The largest absolute Gasteiger partial charge is 0.456 e. The first-order chi connectivity index (χ1) is 29.7. The van der Waals surface area contributed by atoms with Crippen molar-refractivity contribution in [2.45, 2.75) is 44.9 Å². The quantitative estimate of drug-likeness (QED) is 0.0598. The van der Waals surface area contributed by atoms with E-state index in [4.69, 9.17) is 8.83 Å². The van der Waals surface area contributed by atoms with Crippen molar-refractivity contribution in [1.29, 1.82) is 0 Å². The van der Waals surface area contributed by atoms with E-state index in [1.54, 1.807) is 0 Å². The Morgan fingerprint density at radius 2 is 1.26 bits per heavy atom. The Labute approximate surface area is 357 Å². The lowest BCUT2D eigenvalue weighted by Gasteiger charge is -2.24. The molecule has 3 heteroatoms. The van der Waals surface area contributed by atoms with Crippen LogP contribution in [-0.4, -0.2) is 10.8 Å². The number of hydrogen-bond acceptors (Lipinski definition) is 2. The first kappa shape index (κ1) is 38.0. The van der Waals surface area contributed by atoms with Crippen LogP contribution in [0.3, 0.4) is 0 Å². The first-order valence-electron chi connectivity index (χ1n) is 21.2. The monoisotopic (exact) mass is 790 g/mol. The van der Waals surface area contributed by atoms with Crippen molar-refractivity contribution in [3.8, 4) is 22.3 Å². The van der Waals surface area contributed by atoms with Crippen molar-refractivity contribution in [1.82, 2.24) is 0 Å². The summed E-state index contributed by atoms with van der Waals surface area (Å²) < 4.78 is 14.6. The van der Waals surface area contributed by atoms with Crippen LogP contribution in [0.2, 0.25) is 0 Å². The van der Waals surface area contributed by atoms with E-state index in [9.17, 15) is 0 Å². The normalized spacial score (nSPS) is 15.0. The minimum absolute atomic E-state index is 0.0576. The summed E-state index contributed by atoms with van der Waals surface area (Å²) in [5.41, 5.74) is 15.5. The van der Waals surface area contributed by atoms with Crippen LogP contribution >= 0.6 is 0 Å². The van der Waals surface area contributed by atoms with E-state index in [1.807, 2.05) is 30.3 Å². The van der Waals surface area contributed by atoms with E-state index >= 15 is 0 Å². The maximum atomic E-state index is 6.21. The van der Waals surface area contributed by atoms with Gasteiger partial charge in [0.2, 0.25) is 5.69 Å². The van der Waals surface area contributed by atoms with Gasteiger partial charge in [0.05, 0.1) is 0 Å². The van der Waals surface area contributed by atoms with Gasteiger partial charge >= 0.3 is 0 Å². The molecule has 2 heterocycles. The van der Waals surface area contributed by atoms with Crippen LogP contribution in [0.25, 0.3) is 71.7 Å². The van der Waals surface area contributed by atoms with Gasteiger partial charge in [-0.15, -0.1) is 6.58 Å². The Morgan fingerprint density at radius 1 is 0.639 bits per heavy atom. The molecule has 0 bridgehead atoms. The number of para-hydroxylation sites is 2.